The number of rotatable bonds is 5. The zero-order valence-corrected chi connectivity index (χ0v) is 32.2. The van der Waals surface area contributed by atoms with Gasteiger partial charge in [-0.2, -0.15) is 0 Å². The van der Waals surface area contributed by atoms with E-state index in [0.29, 0.717) is 11.6 Å². The number of hydrogen-bond donors (Lipinski definition) is 0. The van der Waals surface area contributed by atoms with Gasteiger partial charge in [0.2, 0.25) is 5.90 Å². The molecule has 0 saturated heterocycles. The third-order valence-corrected chi connectivity index (χ3v) is 11.5. The highest BCUT2D eigenvalue weighted by atomic mass is 16.5. The third kappa shape index (κ3) is 5.60. The van der Waals surface area contributed by atoms with Crippen LogP contribution >= 0.6 is 0 Å². The summed E-state index contributed by atoms with van der Waals surface area (Å²) in [5, 5.41) is 0. The van der Waals surface area contributed by atoms with Crippen molar-refractivity contribution >= 4 is 23.1 Å². The van der Waals surface area contributed by atoms with Crippen LogP contribution in [0.4, 0.5) is 17.2 Å². The van der Waals surface area contributed by atoms with Gasteiger partial charge in [0.15, 0.2) is 0 Å². The molecule has 266 valence electrons. The van der Waals surface area contributed by atoms with Gasteiger partial charge in [0.1, 0.15) is 29.0 Å². The lowest BCUT2D eigenvalue weighted by molar-refractivity contribution is 0.0601. The summed E-state index contributed by atoms with van der Waals surface area (Å²) in [4.78, 5) is 12.4. The lowest BCUT2D eigenvalue weighted by Crippen LogP contribution is -2.36. The summed E-state index contributed by atoms with van der Waals surface area (Å²) < 4.78 is 31.7. The second-order valence-electron chi connectivity index (χ2n) is 16.9. The van der Waals surface area contributed by atoms with Crippen molar-refractivity contribution in [1.82, 2.24) is 4.98 Å². The maximum absolute atomic E-state index is 9.09. The molecule has 3 heterocycles. The van der Waals surface area contributed by atoms with E-state index in [1.807, 2.05) is 39.1 Å². The molecule has 0 bridgehead atoms. The van der Waals surface area contributed by atoms with E-state index >= 15 is 0 Å². The number of aromatic nitrogens is 1. The first-order valence-electron chi connectivity index (χ1n) is 19.6. The molecular weight excluding hydrogens is 639 g/mol. The predicted molar refractivity (Wildman–Crippen MR) is 213 cm³/mol. The molecule has 0 radical (unpaired) electrons. The number of aryl methyl sites for hydroxylation is 1. The largest absolute Gasteiger partial charge is 0.468 e. The topological polar surface area (TPSA) is 47.0 Å². The normalized spacial score (nSPS) is 21.6. The first-order valence-corrected chi connectivity index (χ1v) is 18.6. The van der Waals surface area contributed by atoms with Crippen molar-refractivity contribution < 1.29 is 12.2 Å². The van der Waals surface area contributed by atoms with Crippen LogP contribution in [0.3, 0.4) is 0 Å². The van der Waals surface area contributed by atoms with E-state index in [1.165, 1.54) is 16.7 Å². The summed E-state index contributed by atoms with van der Waals surface area (Å²) in [7, 11) is 0. The van der Waals surface area contributed by atoms with Crippen molar-refractivity contribution in [2.75, 3.05) is 4.90 Å². The van der Waals surface area contributed by atoms with Gasteiger partial charge in [0.25, 0.3) is 0 Å². The minimum Gasteiger partial charge on any atom is -0.468 e. The summed E-state index contributed by atoms with van der Waals surface area (Å²) in [5.74, 6) is 3.03. The van der Waals surface area contributed by atoms with Crippen LogP contribution in [0.25, 0.3) is 0 Å². The second-order valence-corrected chi connectivity index (χ2v) is 16.9. The van der Waals surface area contributed by atoms with E-state index in [1.54, 1.807) is 0 Å². The maximum atomic E-state index is 9.09. The molecule has 5 aromatic rings. The fourth-order valence-corrected chi connectivity index (χ4v) is 8.07. The zero-order chi connectivity index (χ0) is 38.5. The minimum atomic E-state index is -1.53. The summed E-state index contributed by atoms with van der Waals surface area (Å²) in [6, 6.07) is 29.4. The smallest absolute Gasteiger partial charge is 0.217 e. The number of hydrogen-bond acceptors (Lipinski definition) is 5. The van der Waals surface area contributed by atoms with Gasteiger partial charge in [0.05, 0.1) is 11.4 Å². The summed E-state index contributed by atoms with van der Waals surface area (Å²) in [6.07, 6.45) is 0.603. The quantitative estimate of drug-likeness (QED) is 0.184. The van der Waals surface area contributed by atoms with E-state index in [-0.39, 0.29) is 29.2 Å². The van der Waals surface area contributed by atoms with Crippen LogP contribution in [0.15, 0.2) is 96.1 Å². The molecular formula is C47H51N3O2. The Kier molecular flexibility index (Phi) is 7.39. The van der Waals surface area contributed by atoms with Crippen LogP contribution in [0, 0.1) is 13.8 Å². The second kappa shape index (κ2) is 12.1. The van der Waals surface area contributed by atoms with Gasteiger partial charge in [0, 0.05) is 26.0 Å². The lowest BCUT2D eigenvalue weighted by Gasteiger charge is -2.41. The Morgan fingerprint density at radius 1 is 0.885 bits per heavy atom. The average molecular weight is 692 g/mol. The van der Waals surface area contributed by atoms with Crippen molar-refractivity contribution in [3.05, 3.63) is 141 Å². The minimum absolute atomic E-state index is 0.0331. The number of aliphatic imine (C=N–C) groups is 1. The Balaban J connectivity index is 1.20. The molecule has 0 spiro atoms. The predicted octanol–water partition coefficient (Wildman–Crippen LogP) is 12.2. The number of para-hydroxylation sites is 1. The molecule has 52 heavy (non-hydrogen) atoms. The van der Waals surface area contributed by atoms with Crippen LogP contribution in [0.5, 0.6) is 11.5 Å². The van der Waals surface area contributed by atoms with E-state index in [0.717, 1.165) is 56.3 Å². The van der Waals surface area contributed by atoms with Gasteiger partial charge in [-0.15, -0.1) is 0 Å². The Morgan fingerprint density at radius 3 is 2.42 bits per heavy atom. The molecule has 0 saturated carbocycles. The molecule has 0 fully saturated rings. The fourth-order valence-electron chi connectivity index (χ4n) is 8.07. The molecule has 2 atom stereocenters. The van der Waals surface area contributed by atoms with Gasteiger partial charge in [-0.3, -0.25) is 4.90 Å². The Morgan fingerprint density at radius 2 is 1.65 bits per heavy atom. The van der Waals surface area contributed by atoms with E-state index in [9.17, 15) is 0 Å². The van der Waals surface area contributed by atoms with Crippen LogP contribution in [-0.2, 0) is 21.9 Å². The van der Waals surface area contributed by atoms with Crippen LogP contribution in [0.1, 0.15) is 127 Å². The van der Waals surface area contributed by atoms with Crippen molar-refractivity contribution in [2.24, 2.45) is 4.99 Å². The fraction of sp³-hybridized carbons (Fsp3) is 0.362. The number of anilines is 3. The third-order valence-electron chi connectivity index (χ3n) is 11.5. The highest BCUT2D eigenvalue weighted by molar-refractivity contribution is 5.96. The maximum Gasteiger partial charge on any atom is 0.217 e. The van der Waals surface area contributed by atoms with Crippen molar-refractivity contribution in [3.63, 3.8) is 0 Å². The Bertz CT molecular complexity index is 2350. The highest BCUT2D eigenvalue weighted by Gasteiger charge is 2.47. The molecule has 1 aliphatic carbocycles. The first kappa shape index (κ1) is 31.8. The monoisotopic (exact) mass is 691 g/mol. The number of nitrogens with zero attached hydrogens (tertiary/aromatic N) is 3. The number of pyridine rings is 1. The number of benzene rings is 4. The molecule has 0 amide bonds. The summed E-state index contributed by atoms with van der Waals surface area (Å²) >= 11 is 0. The molecule has 5 nitrogen and oxygen atoms in total. The molecule has 5 heteroatoms. The first-order chi connectivity index (χ1) is 25.4. The molecule has 3 aliphatic rings. The standard InChI is InChI=1S/C47H51N3O2/c1-28(2)31-23-32(44-49-43-37-17-15-29(3)30(4)36(37)19-21-47(43,10)52-44)25-35(24-31)51-34-16-18-39-41(27-34)50(40-14-12-11-13-38(40)46(39,8)9)42-26-33(20-22-48-42)45(5,6)7/h11-18,20,22-28,43H,19,21H2,1-10H3/t43-,47+/m1/s1/i19D2. The van der Waals surface area contributed by atoms with Gasteiger partial charge in [-0.25, -0.2) is 9.98 Å². The molecule has 2 aliphatic heterocycles. The zero-order valence-electron chi connectivity index (χ0n) is 34.2. The highest BCUT2D eigenvalue weighted by Crippen LogP contribution is 2.53. The Labute approximate surface area is 312 Å². The molecule has 0 N–H and O–H groups in total. The average Bonchev–Trinajstić information content (AvgIpc) is 3.45. The van der Waals surface area contributed by atoms with E-state index < -0.39 is 12.0 Å². The number of fused-ring (bicyclic) bond motifs is 5. The van der Waals surface area contributed by atoms with E-state index in [2.05, 4.69) is 126 Å². The van der Waals surface area contributed by atoms with Crippen LogP contribution < -0.4 is 9.64 Å². The molecule has 8 rings (SSSR count). The van der Waals surface area contributed by atoms with E-state index in [4.69, 9.17) is 22.2 Å². The molecule has 4 aromatic carbocycles. The summed E-state index contributed by atoms with van der Waals surface area (Å²) in [6.45, 7) is 21.7. The van der Waals surface area contributed by atoms with Crippen LogP contribution in [-0.4, -0.2) is 16.5 Å². The number of ether oxygens (including phenoxy) is 2. The van der Waals surface area contributed by atoms with Crippen molar-refractivity contribution in [3.8, 4) is 11.5 Å². The van der Waals surface area contributed by atoms with Gasteiger partial charge < -0.3 is 9.47 Å². The van der Waals surface area contributed by atoms with Gasteiger partial charge in [-0.1, -0.05) is 84.9 Å². The lowest BCUT2D eigenvalue weighted by atomic mass is 9.73. The molecule has 0 unspecified atom stereocenters. The van der Waals surface area contributed by atoms with Gasteiger partial charge >= 0.3 is 0 Å². The van der Waals surface area contributed by atoms with Crippen molar-refractivity contribution in [2.45, 2.75) is 110 Å². The van der Waals surface area contributed by atoms with Gasteiger partial charge in [-0.05, 0) is 132 Å². The Hall–Kier alpha value is -4.90. The van der Waals surface area contributed by atoms with Crippen LogP contribution in [0.2, 0.25) is 0 Å². The van der Waals surface area contributed by atoms with Crippen molar-refractivity contribution in [1.29, 1.82) is 0 Å². The summed E-state index contributed by atoms with van der Waals surface area (Å²) in [5.41, 5.74) is 10.4. The molecule has 1 aromatic heterocycles. The SMILES string of the molecule is [2H]C1([2H])C[C@]2(C)OC(c3cc(Oc4ccc5c(c4)N(c4cc(C(C)(C)C)ccn4)c4ccccc4C5(C)C)cc(C(C)C)c3)=N[C@@H]2c2ccc(C)c(C)c21.